The van der Waals surface area contributed by atoms with Gasteiger partial charge in [0.05, 0.1) is 20.8 Å². The van der Waals surface area contributed by atoms with Crippen LogP contribution in [0.2, 0.25) is 0 Å². The zero-order valence-corrected chi connectivity index (χ0v) is 23.6. The van der Waals surface area contributed by atoms with Crippen LogP contribution in [0.5, 0.6) is 11.5 Å². The normalized spacial score (nSPS) is 20.1. The Morgan fingerprint density at radius 3 is 1.95 bits per heavy atom. The molecule has 4 aromatic rings. The van der Waals surface area contributed by atoms with Gasteiger partial charge in [0.2, 0.25) is 0 Å². The van der Waals surface area contributed by atoms with E-state index in [1.165, 1.54) is 0 Å². The van der Waals surface area contributed by atoms with Crippen LogP contribution in [-0.2, 0) is 26.3 Å². The molecule has 0 unspecified atom stereocenters. The van der Waals surface area contributed by atoms with E-state index in [0.29, 0.717) is 17.8 Å². The van der Waals surface area contributed by atoms with Crippen LogP contribution in [0.3, 0.4) is 0 Å². The number of ether oxygens (including phenoxy) is 4. The molecule has 1 saturated heterocycles. The predicted octanol–water partition coefficient (Wildman–Crippen LogP) is 1.92. The molecule has 3 N–H and O–H groups in total. The standard InChI is InChI=1S/C32H32N2O9/c1-40-24-12-8-22(9-13-24)32(21-6-4-3-5-7-21,23-10-14-25(41-2)15-11-23)42-19-26-27(36)28(37)30(43-26)34-18-20(16-17-35)29(38)33-31(34)39/h3-15,17-18,26-28,30,36-37H,16,19H2,1-2H3,(H,33,38,39)/t26-,27-,28-,30-/m1/s1. The Hall–Kier alpha value is -4.55. The fraction of sp³-hybridized carbons (Fsp3) is 0.281. The molecule has 0 amide bonds. The Morgan fingerprint density at radius 1 is 0.860 bits per heavy atom. The molecular weight excluding hydrogens is 556 g/mol. The summed E-state index contributed by atoms with van der Waals surface area (Å²) in [6.45, 7) is -0.207. The molecule has 1 aliphatic heterocycles. The minimum atomic E-state index is -1.53. The number of aldehydes is 1. The molecule has 11 heteroatoms. The van der Waals surface area contributed by atoms with Crippen molar-refractivity contribution >= 4 is 6.29 Å². The number of methoxy groups -OCH3 is 2. The molecule has 1 fully saturated rings. The Bertz CT molecular complexity index is 1600. The van der Waals surface area contributed by atoms with Crippen LogP contribution in [0, 0.1) is 0 Å². The van der Waals surface area contributed by atoms with Crippen molar-refractivity contribution in [2.24, 2.45) is 0 Å². The highest BCUT2D eigenvalue weighted by molar-refractivity contribution is 5.54. The minimum Gasteiger partial charge on any atom is -0.497 e. The van der Waals surface area contributed by atoms with Gasteiger partial charge >= 0.3 is 5.69 Å². The Labute approximate surface area is 246 Å². The summed E-state index contributed by atoms with van der Waals surface area (Å²) in [7, 11) is 3.16. The van der Waals surface area contributed by atoms with Gasteiger partial charge in [0.25, 0.3) is 5.56 Å². The molecule has 1 aromatic heterocycles. The van der Waals surface area contributed by atoms with E-state index in [0.717, 1.165) is 27.5 Å². The summed E-state index contributed by atoms with van der Waals surface area (Å²) in [5.41, 5.74) is -0.473. The van der Waals surface area contributed by atoms with Gasteiger partial charge in [0, 0.05) is 18.2 Å². The first-order chi connectivity index (χ1) is 20.8. The van der Waals surface area contributed by atoms with Crippen molar-refractivity contribution in [3.63, 3.8) is 0 Å². The van der Waals surface area contributed by atoms with Crippen LogP contribution < -0.4 is 20.7 Å². The molecule has 0 saturated carbocycles. The zero-order chi connectivity index (χ0) is 30.6. The van der Waals surface area contributed by atoms with Crippen LogP contribution in [-0.4, -0.2) is 65.2 Å². The van der Waals surface area contributed by atoms with E-state index >= 15 is 0 Å². The molecule has 5 rings (SSSR count). The maximum absolute atomic E-state index is 12.6. The molecule has 0 spiro atoms. The third-order valence-corrected chi connectivity index (χ3v) is 7.59. The second-order valence-corrected chi connectivity index (χ2v) is 10.1. The van der Waals surface area contributed by atoms with Gasteiger partial charge in [0.15, 0.2) is 6.23 Å². The topological polar surface area (TPSA) is 149 Å². The second-order valence-electron chi connectivity index (χ2n) is 10.1. The molecule has 1 aliphatic rings. The van der Waals surface area contributed by atoms with Crippen molar-refractivity contribution in [1.82, 2.24) is 9.55 Å². The van der Waals surface area contributed by atoms with E-state index in [-0.39, 0.29) is 18.6 Å². The van der Waals surface area contributed by atoms with Gasteiger partial charge < -0.3 is 34.0 Å². The number of hydrogen-bond donors (Lipinski definition) is 3. The molecule has 4 atom stereocenters. The summed E-state index contributed by atoms with van der Waals surface area (Å²) < 4.78 is 24.5. The summed E-state index contributed by atoms with van der Waals surface area (Å²) >= 11 is 0. The summed E-state index contributed by atoms with van der Waals surface area (Å²) in [6, 6.07) is 24.3. The van der Waals surface area contributed by atoms with Crippen molar-refractivity contribution in [3.05, 3.63) is 128 Å². The second kappa shape index (κ2) is 12.8. The number of hydrogen-bond acceptors (Lipinski definition) is 9. The number of nitrogens with one attached hydrogen (secondary N) is 1. The summed E-state index contributed by atoms with van der Waals surface area (Å²) in [4.78, 5) is 37.9. The van der Waals surface area contributed by atoms with Gasteiger partial charge in [-0.15, -0.1) is 0 Å². The van der Waals surface area contributed by atoms with E-state index in [2.05, 4.69) is 4.98 Å². The van der Waals surface area contributed by atoms with Gasteiger partial charge in [-0.2, -0.15) is 0 Å². The van der Waals surface area contributed by atoms with Crippen molar-refractivity contribution in [2.45, 2.75) is 36.6 Å². The first kappa shape index (κ1) is 29.9. The number of nitrogens with zero attached hydrogens (tertiary/aromatic N) is 1. The number of aromatic nitrogens is 2. The molecule has 2 heterocycles. The first-order valence-corrected chi connectivity index (χ1v) is 13.6. The SMILES string of the molecule is COc1ccc(C(OC[C@H]2O[C@@H](n3cc(CC=O)c(=O)[nH]c3=O)[C@H](O)[C@@H]2O)(c2ccccc2)c2ccc(OC)cc2)cc1. The number of rotatable bonds is 11. The summed E-state index contributed by atoms with van der Waals surface area (Å²) in [5.74, 6) is 1.31. The molecule has 0 radical (unpaired) electrons. The van der Waals surface area contributed by atoms with Gasteiger partial charge in [-0.3, -0.25) is 14.3 Å². The first-order valence-electron chi connectivity index (χ1n) is 13.6. The highest BCUT2D eigenvalue weighted by Gasteiger charge is 2.46. The molecule has 3 aromatic carbocycles. The molecular formula is C32H32N2O9. The lowest BCUT2D eigenvalue weighted by Crippen LogP contribution is -2.40. The molecule has 0 bridgehead atoms. The van der Waals surface area contributed by atoms with E-state index < -0.39 is 41.4 Å². The van der Waals surface area contributed by atoms with Crippen molar-refractivity contribution in [2.75, 3.05) is 20.8 Å². The maximum Gasteiger partial charge on any atom is 0.330 e. The zero-order valence-electron chi connectivity index (χ0n) is 23.6. The van der Waals surface area contributed by atoms with Gasteiger partial charge in [-0.1, -0.05) is 54.6 Å². The number of carbonyl (C=O) groups is 1. The molecule has 43 heavy (non-hydrogen) atoms. The Balaban J connectivity index is 1.55. The van der Waals surface area contributed by atoms with Crippen molar-refractivity contribution < 1.29 is 34.0 Å². The predicted molar refractivity (Wildman–Crippen MR) is 155 cm³/mol. The molecule has 224 valence electrons. The van der Waals surface area contributed by atoms with E-state index in [1.54, 1.807) is 14.2 Å². The van der Waals surface area contributed by atoms with Crippen LogP contribution in [0.15, 0.2) is 94.6 Å². The summed E-state index contributed by atoms with van der Waals surface area (Å²) in [5, 5.41) is 21.9. The average Bonchev–Trinajstić information content (AvgIpc) is 3.32. The van der Waals surface area contributed by atoms with E-state index in [4.69, 9.17) is 18.9 Å². The average molecular weight is 589 g/mol. The van der Waals surface area contributed by atoms with Crippen molar-refractivity contribution in [1.29, 1.82) is 0 Å². The van der Waals surface area contributed by atoms with Crippen molar-refractivity contribution in [3.8, 4) is 11.5 Å². The maximum atomic E-state index is 12.6. The molecule has 0 aliphatic carbocycles. The summed E-state index contributed by atoms with van der Waals surface area (Å²) in [6.07, 6.45) is -3.95. The van der Waals surface area contributed by atoms with Gasteiger partial charge in [0.1, 0.15) is 41.7 Å². The fourth-order valence-electron chi connectivity index (χ4n) is 5.33. The number of benzene rings is 3. The van der Waals surface area contributed by atoms with Crippen LogP contribution in [0.25, 0.3) is 0 Å². The third kappa shape index (κ3) is 5.75. The van der Waals surface area contributed by atoms with E-state index in [9.17, 15) is 24.6 Å². The lowest BCUT2D eigenvalue weighted by atomic mass is 9.80. The third-order valence-electron chi connectivity index (χ3n) is 7.59. The lowest BCUT2D eigenvalue weighted by Gasteiger charge is -2.37. The lowest BCUT2D eigenvalue weighted by molar-refractivity contribution is -0.107. The highest BCUT2D eigenvalue weighted by atomic mass is 16.6. The van der Waals surface area contributed by atoms with Crippen LogP contribution in [0.1, 0.15) is 28.5 Å². The van der Waals surface area contributed by atoms with E-state index in [1.807, 2.05) is 78.9 Å². The number of aromatic amines is 1. The smallest absolute Gasteiger partial charge is 0.330 e. The number of carbonyl (C=O) groups excluding carboxylic acids is 1. The number of aliphatic hydroxyl groups is 2. The Morgan fingerprint density at radius 2 is 1.42 bits per heavy atom. The van der Waals surface area contributed by atoms with Crippen LogP contribution in [0.4, 0.5) is 0 Å². The minimum absolute atomic E-state index is 0.0155. The largest absolute Gasteiger partial charge is 0.497 e. The quantitative estimate of drug-likeness (QED) is 0.176. The highest BCUT2D eigenvalue weighted by Crippen LogP contribution is 2.42. The van der Waals surface area contributed by atoms with Gasteiger partial charge in [-0.25, -0.2) is 4.79 Å². The molecule has 11 nitrogen and oxygen atoms in total. The fourth-order valence-corrected chi connectivity index (χ4v) is 5.33. The monoisotopic (exact) mass is 588 g/mol. The number of aliphatic hydroxyl groups excluding tert-OH is 2. The Kier molecular flexibility index (Phi) is 8.88. The van der Waals surface area contributed by atoms with Gasteiger partial charge in [-0.05, 0) is 41.0 Å². The number of H-pyrrole nitrogens is 1. The van der Waals surface area contributed by atoms with Crippen LogP contribution >= 0.6 is 0 Å².